The standard InChI is InChI=1S/C25H27N5O6S2/c1-30(2)16-10-11-18(17(13-16)22(33)15-7-3-4-8-15)27-24(34)29-25-28-19(14-21(31)32)23(37-25)38(35,36)20-9-5-6-12-26-20/h5-6,9-13,15H,3-4,7-8,14H2,1-2H3,(H,31,32)(H2,27,28,29,34). The molecule has 0 saturated heterocycles. The van der Waals surface area contributed by atoms with Crippen LogP contribution in [-0.2, 0) is 21.1 Å². The van der Waals surface area contributed by atoms with E-state index >= 15 is 0 Å². The number of anilines is 3. The number of aliphatic carboxylic acids is 1. The minimum Gasteiger partial charge on any atom is -0.481 e. The van der Waals surface area contributed by atoms with Crippen LogP contribution in [0.3, 0.4) is 0 Å². The molecule has 1 fully saturated rings. The molecular weight excluding hydrogens is 530 g/mol. The molecule has 0 aliphatic heterocycles. The lowest BCUT2D eigenvalue weighted by molar-refractivity contribution is -0.136. The molecule has 1 aliphatic rings. The lowest BCUT2D eigenvalue weighted by Gasteiger charge is -2.18. The van der Waals surface area contributed by atoms with Crippen molar-refractivity contribution >= 4 is 55.5 Å². The van der Waals surface area contributed by atoms with Crippen LogP contribution in [0.4, 0.5) is 21.3 Å². The molecule has 2 amide bonds. The van der Waals surface area contributed by atoms with Crippen LogP contribution in [0, 0.1) is 5.92 Å². The Morgan fingerprint density at radius 3 is 2.47 bits per heavy atom. The Morgan fingerprint density at radius 1 is 1.11 bits per heavy atom. The minimum absolute atomic E-state index is 0.0387. The van der Waals surface area contributed by atoms with Gasteiger partial charge in [-0.1, -0.05) is 30.2 Å². The minimum atomic E-state index is -4.17. The smallest absolute Gasteiger partial charge is 0.325 e. The summed E-state index contributed by atoms with van der Waals surface area (Å²) < 4.78 is 25.9. The number of urea groups is 1. The third-order valence-corrected chi connectivity index (χ3v) is 9.35. The van der Waals surface area contributed by atoms with Gasteiger partial charge >= 0.3 is 12.0 Å². The maximum atomic E-state index is 13.2. The molecule has 2 aromatic heterocycles. The molecule has 1 saturated carbocycles. The first-order valence-corrected chi connectivity index (χ1v) is 14.2. The van der Waals surface area contributed by atoms with Gasteiger partial charge in [0, 0.05) is 37.5 Å². The van der Waals surface area contributed by atoms with Gasteiger partial charge in [-0.25, -0.2) is 23.2 Å². The molecule has 0 unspecified atom stereocenters. The van der Waals surface area contributed by atoms with Crippen molar-refractivity contribution in [3.8, 4) is 0 Å². The number of aromatic nitrogens is 2. The highest BCUT2D eigenvalue weighted by atomic mass is 32.2. The van der Waals surface area contributed by atoms with E-state index in [0.29, 0.717) is 22.6 Å². The second kappa shape index (κ2) is 11.3. The van der Waals surface area contributed by atoms with Crippen molar-refractivity contribution in [2.24, 2.45) is 5.92 Å². The van der Waals surface area contributed by atoms with E-state index in [1.165, 1.54) is 18.3 Å². The van der Waals surface area contributed by atoms with E-state index in [0.717, 1.165) is 31.4 Å². The zero-order valence-electron chi connectivity index (χ0n) is 20.8. The summed E-state index contributed by atoms with van der Waals surface area (Å²) in [6.45, 7) is 0. The molecule has 0 spiro atoms. The number of nitrogens with zero attached hydrogens (tertiary/aromatic N) is 3. The molecular formula is C25H27N5O6S2. The number of Topliss-reactive ketones (excluding diaryl/α,β-unsaturated/α-hetero) is 1. The van der Waals surface area contributed by atoms with Crippen LogP contribution < -0.4 is 15.5 Å². The maximum absolute atomic E-state index is 13.2. The summed E-state index contributed by atoms with van der Waals surface area (Å²) in [6.07, 6.45) is 4.22. The fraction of sp³-hybridized carbons (Fsp3) is 0.320. The number of hydrogen-bond donors (Lipinski definition) is 3. The number of benzene rings is 1. The van der Waals surface area contributed by atoms with E-state index in [1.54, 1.807) is 24.3 Å². The zero-order valence-corrected chi connectivity index (χ0v) is 22.4. The van der Waals surface area contributed by atoms with E-state index in [9.17, 15) is 27.9 Å². The Kier molecular flexibility index (Phi) is 8.07. The third-order valence-electron chi connectivity index (χ3n) is 6.12. The lowest BCUT2D eigenvalue weighted by atomic mass is 9.94. The second-order valence-electron chi connectivity index (χ2n) is 9.04. The van der Waals surface area contributed by atoms with Crippen molar-refractivity contribution in [3.63, 3.8) is 0 Å². The number of carbonyl (C=O) groups excluding carboxylic acids is 2. The molecule has 4 rings (SSSR count). The Labute approximate surface area is 223 Å². The van der Waals surface area contributed by atoms with Crippen molar-refractivity contribution in [1.29, 1.82) is 0 Å². The Balaban J connectivity index is 1.61. The van der Waals surface area contributed by atoms with Crippen molar-refractivity contribution in [2.75, 3.05) is 29.6 Å². The highest BCUT2D eigenvalue weighted by Gasteiger charge is 2.29. The van der Waals surface area contributed by atoms with Gasteiger partial charge in [0.05, 0.1) is 17.8 Å². The number of ketones is 1. The molecule has 3 N–H and O–H groups in total. The van der Waals surface area contributed by atoms with E-state index in [1.807, 2.05) is 19.0 Å². The summed E-state index contributed by atoms with van der Waals surface area (Å²) in [4.78, 5) is 47.3. The monoisotopic (exact) mass is 557 g/mol. The number of carbonyl (C=O) groups is 3. The van der Waals surface area contributed by atoms with E-state index < -0.39 is 28.3 Å². The normalized spacial score (nSPS) is 13.7. The van der Waals surface area contributed by atoms with Gasteiger partial charge in [0.15, 0.2) is 20.1 Å². The topological polar surface area (TPSA) is 159 Å². The number of thiazole rings is 1. The molecule has 2 heterocycles. The molecule has 13 heteroatoms. The van der Waals surface area contributed by atoms with Gasteiger partial charge in [0.25, 0.3) is 0 Å². The summed E-state index contributed by atoms with van der Waals surface area (Å²) in [5.41, 5.74) is 1.30. The molecule has 0 atom stereocenters. The lowest BCUT2D eigenvalue weighted by Crippen LogP contribution is -2.22. The zero-order chi connectivity index (χ0) is 27.4. The second-order valence-corrected chi connectivity index (χ2v) is 12.1. The Bertz CT molecular complexity index is 1460. The molecule has 3 aromatic rings. The summed E-state index contributed by atoms with van der Waals surface area (Å²) in [5, 5.41) is 14.0. The third kappa shape index (κ3) is 6.00. The molecule has 38 heavy (non-hydrogen) atoms. The molecule has 0 bridgehead atoms. The van der Waals surface area contributed by atoms with Crippen molar-refractivity contribution in [1.82, 2.24) is 9.97 Å². The fourth-order valence-electron chi connectivity index (χ4n) is 4.24. The quantitative estimate of drug-likeness (QED) is 0.330. The summed E-state index contributed by atoms with van der Waals surface area (Å²) >= 11 is 0.631. The van der Waals surface area contributed by atoms with Crippen LogP contribution >= 0.6 is 11.3 Å². The van der Waals surface area contributed by atoms with Gasteiger partial charge in [-0.2, -0.15) is 0 Å². The Hall–Kier alpha value is -3.84. The summed E-state index contributed by atoms with van der Waals surface area (Å²) in [7, 11) is -0.461. The van der Waals surface area contributed by atoms with Crippen LogP contribution in [0.1, 0.15) is 41.7 Å². The number of nitrogens with one attached hydrogen (secondary N) is 2. The molecule has 1 aliphatic carbocycles. The number of hydrogen-bond acceptors (Lipinski definition) is 9. The van der Waals surface area contributed by atoms with Crippen LogP contribution in [0.2, 0.25) is 0 Å². The largest absolute Gasteiger partial charge is 0.481 e. The molecule has 200 valence electrons. The number of rotatable bonds is 9. The predicted octanol–water partition coefficient (Wildman–Crippen LogP) is 4.08. The Morgan fingerprint density at radius 2 is 1.84 bits per heavy atom. The van der Waals surface area contributed by atoms with Gasteiger partial charge in [0.1, 0.15) is 0 Å². The number of sulfone groups is 1. The summed E-state index contributed by atoms with van der Waals surface area (Å²) in [6, 6.07) is 8.75. The van der Waals surface area contributed by atoms with E-state index in [-0.39, 0.29) is 31.8 Å². The van der Waals surface area contributed by atoms with Gasteiger partial charge in [-0.15, -0.1) is 0 Å². The number of carboxylic acid groups (broad SMARTS) is 1. The maximum Gasteiger partial charge on any atom is 0.325 e. The predicted molar refractivity (Wildman–Crippen MR) is 143 cm³/mol. The van der Waals surface area contributed by atoms with Crippen LogP contribution in [0.15, 0.2) is 51.8 Å². The van der Waals surface area contributed by atoms with Gasteiger partial charge in [-0.05, 0) is 43.2 Å². The van der Waals surface area contributed by atoms with Crippen LogP contribution in [-0.4, -0.2) is 55.4 Å². The first-order valence-electron chi connectivity index (χ1n) is 11.9. The average Bonchev–Trinajstić information content (AvgIpc) is 3.54. The van der Waals surface area contributed by atoms with E-state index in [4.69, 9.17) is 0 Å². The number of pyridine rings is 1. The molecule has 11 nitrogen and oxygen atoms in total. The highest BCUT2D eigenvalue weighted by Crippen LogP contribution is 2.34. The molecule has 0 radical (unpaired) electrons. The fourth-order valence-corrected chi connectivity index (χ4v) is 6.96. The highest BCUT2D eigenvalue weighted by molar-refractivity contribution is 7.93. The van der Waals surface area contributed by atoms with Crippen molar-refractivity contribution in [2.45, 2.75) is 41.3 Å². The van der Waals surface area contributed by atoms with Crippen molar-refractivity contribution in [3.05, 3.63) is 53.9 Å². The first kappa shape index (κ1) is 27.2. The average molecular weight is 558 g/mol. The number of amides is 2. The van der Waals surface area contributed by atoms with Crippen LogP contribution in [0.25, 0.3) is 0 Å². The first-order chi connectivity index (χ1) is 18.1. The summed E-state index contributed by atoms with van der Waals surface area (Å²) in [5.74, 6) is -1.42. The SMILES string of the molecule is CN(C)c1ccc(NC(=O)Nc2nc(CC(=O)O)c(S(=O)(=O)c3ccccn3)s2)c(C(=O)C2CCCC2)c1. The van der Waals surface area contributed by atoms with Gasteiger partial charge in [-0.3, -0.25) is 14.9 Å². The van der Waals surface area contributed by atoms with Crippen molar-refractivity contribution < 1.29 is 27.9 Å². The molecule has 1 aromatic carbocycles. The van der Waals surface area contributed by atoms with E-state index in [2.05, 4.69) is 20.6 Å². The van der Waals surface area contributed by atoms with Gasteiger partial charge < -0.3 is 15.3 Å². The van der Waals surface area contributed by atoms with Crippen LogP contribution in [0.5, 0.6) is 0 Å². The number of carboxylic acids is 1. The van der Waals surface area contributed by atoms with Gasteiger partial charge in [0.2, 0.25) is 9.84 Å².